The number of carbonyl (C=O) groups is 1. The van der Waals surface area contributed by atoms with Gasteiger partial charge < -0.3 is 10.6 Å². The molecule has 5 nitrogen and oxygen atoms in total. The number of carbonyl (C=O) groups excluding carboxylic acids is 1. The van der Waals surface area contributed by atoms with Gasteiger partial charge in [-0.05, 0) is 19.8 Å². The largest absolute Gasteiger partial charge is 0.343 e. The van der Waals surface area contributed by atoms with Crippen molar-refractivity contribution in [3.8, 4) is 0 Å². The van der Waals surface area contributed by atoms with Crippen molar-refractivity contribution >= 4 is 17.2 Å². The molecule has 2 rings (SSSR count). The van der Waals surface area contributed by atoms with Gasteiger partial charge in [0.15, 0.2) is 0 Å². The van der Waals surface area contributed by atoms with E-state index in [1.54, 1.807) is 23.3 Å². The second kappa shape index (κ2) is 7.48. The minimum atomic E-state index is -0.840. The third-order valence-electron chi connectivity index (χ3n) is 4.13. The van der Waals surface area contributed by atoms with Gasteiger partial charge in [-0.2, -0.15) is 0 Å². The van der Waals surface area contributed by atoms with E-state index in [1.165, 1.54) is 0 Å². The zero-order valence-electron chi connectivity index (χ0n) is 13.5. The summed E-state index contributed by atoms with van der Waals surface area (Å²) in [7, 11) is 1.74. The molecule has 7 heteroatoms. The van der Waals surface area contributed by atoms with E-state index < -0.39 is 12.2 Å². The highest BCUT2D eigenvalue weighted by Gasteiger charge is 2.34. The van der Waals surface area contributed by atoms with Crippen LogP contribution in [0.15, 0.2) is 5.38 Å². The molecule has 0 bridgehead atoms. The summed E-state index contributed by atoms with van der Waals surface area (Å²) in [5.41, 5.74) is 6.77. The van der Waals surface area contributed by atoms with Crippen LogP contribution >= 0.6 is 11.3 Å². The fourth-order valence-electron chi connectivity index (χ4n) is 2.86. The number of hydrogen-bond acceptors (Lipinski definition) is 5. The van der Waals surface area contributed by atoms with Gasteiger partial charge in [-0.3, -0.25) is 9.69 Å². The Bertz CT molecular complexity index is 509. The van der Waals surface area contributed by atoms with Crippen LogP contribution in [0.4, 0.5) is 4.39 Å². The van der Waals surface area contributed by atoms with Gasteiger partial charge in [0.2, 0.25) is 5.91 Å². The Morgan fingerprint density at radius 1 is 1.68 bits per heavy atom. The lowest BCUT2D eigenvalue weighted by atomic mass is 10.1. The van der Waals surface area contributed by atoms with Crippen LogP contribution in [0, 0.1) is 6.92 Å². The summed E-state index contributed by atoms with van der Waals surface area (Å²) in [6.07, 6.45) is 0.233. The number of nitrogens with two attached hydrogens (primary N) is 1. The molecule has 1 aromatic heterocycles. The quantitative estimate of drug-likeness (QED) is 0.861. The molecule has 0 aliphatic carbocycles. The van der Waals surface area contributed by atoms with E-state index >= 15 is 0 Å². The number of nitrogens with zero attached hydrogens (tertiary/aromatic N) is 3. The highest BCUT2D eigenvalue weighted by Crippen LogP contribution is 2.24. The first-order chi connectivity index (χ1) is 10.4. The van der Waals surface area contributed by atoms with E-state index in [2.05, 4.69) is 9.88 Å². The van der Waals surface area contributed by atoms with Gasteiger partial charge in [0.25, 0.3) is 0 Å². The van der Waals surface area contributed by atoms with Crippen molar-refractivity contribution in [2.45, 2.75) is 51.5 Å². The molecule has 1 aliphatic heterocycles. The second-order valence-corrected chi connectivity index (χ2v) is 7.07. The standard InChI is InChI=1S/C15H25FN4OS/c1-4-14(17)15(21)19(3)8-13-5-11(16)6-20(13)7-12-9-22-10(2)18-12/h9,11,13-14H,4-8,17H2,1-3H3/t11-,13-,14-/m0/s1. The van der Waals surface area contributed by atoms with Crippen molar-refractivity contribution in [3.63, 3.8) is 0 Å². The predicted molar refractivity (Wildman–Crippen MR) is 86.5 cm³/mol. The van der Waals surface area contributed by atoms with Gasteiger partial charge in [-0.1, -0.05) is 6.92 Å². The molecule has 2 N–H and O–H groups in total. The number of halogens is 1. The van der Waals surface area contributed by atoms with Crippen LogP contribution in [0.5, 0.6) is 0 Å². The smallest absolute Gasteiger partial charge is 0.239 e. The Labute approximate surface area is 135 Å². The lowest BCUT2D eigenvalue weighted by Crippen LogP contribution is -2.46. The highest BCUT2D eigenvalue weighted by atomic mass is 32.1. The molecule has 124 valence electrons. The molecule has 0 aromatic carbocycles. The molecular formula is C15H25FN4OS. The van der Waals surface area contributed by atoms with E-state index in [0.29, 0.717) is 32.5 Å². The molecule has 1 fully saturated rings. The molecule has 22 heavy (non-hydrogen) atoms. The van der Waals surface area contributed by atoms with E-state index in [0.717, 1.165) is 10.7 Å². The van der Waals surface area contributed by atoms with Crippen LogP contribution < -0.4 is 5.73 Å². The first-order valence-electron chi connectivity index (χ1n) is 7.70. The highest BCUT2D eigenvalue weighted by molar-refractivity contribution is 7.09. The van der Waals surface area contributed by atoms with E-state index in [-0.39, 0.29) is 11.9 Å². The number of thiazole rings is 1. The first kappa shape index (κ1) is 17.3. The molecule has 2 heterocycles. The molecule has 3 atom stereocenters. The number of rotatable bonds is 6. The number of aryl methyl sites for hydroxylation is 1. The molecular weight excluding hydrogens is 303 g/mol. The van der Waals surface area contributed by atoms with Crippen molar-refractivity contribution in [1.29, 1.82) is 0 Å². The molecule has 0 radical (unpaired) electrons. The average molecular weight is 328 g/mol. The van der Waals surface area contributed by atoms with E-state index in [9.17, 15) is 9.18 Å². The zero-order valence-corrected chi connectivity index (χ0v) is 14.3. The molecule has 0 spiro atoms. The second-order valence-electron chi connectivity index (χ2n) is 6.01. The third kappa shape index (κ3) is 4.24. The van der Waals surface area contributed by atoms with Crippen LogP contribution in [0.25, 0.3) is 0 Å². The number of aromatic nitrogens is 1. The Balaban J connectivity index is 1.97. The number of hydrogen-bond donors (Lipinski definition) is 1. The lowest BCUT2D eigenvalue weighted by Gasteiger charge is -2.29. The summed E-state index contributed by atoms with van der Waals surface area (Å²) in [5, 5.41) is 3.03. The molecule has 0 unspecified atom stereocenters. The Morgan fingerprint density at radius 2 is 2.41 bits per heavy atom. The number of likely N-dealkylation sites (tertiary alicyclic amines) is 1. The van der Waals surface area contributed by atoms with E-state index in [1.807, 2.05) is 19.2 Å². The number of likely N-dealkylation sites (N-methyl/N-ethyl adjacent to an activating group) is 1. The molecule has 1 saturated heterocycles. The van der Waals surface area contributed by atoms with Crippen LogP contribution in [-0.4, -0.2) is 59.1 Å². The average Bonchev–Trinajstić information content (AvgIpc) is 3.03. The van der Waals surface area contributed by atoms with Crippen molar-refractivity contribution in [2.24, 2.45) is 5.73 Å². The monoisotopic (exact) mass is 328 g/mol. The Morgan fingerprint density at radius 3 is 3.00 bits per heavy atom. The summed E-state index contributed by atoms with van der Waals surface area (Å²) in [4.78, 5) is 20.3. The SMILES string of the molecule is CC[C@H](N)C(=O)N(C)C[C@@H]1C[C@H](F)CN1Cc1csc(C)n1. The first-order valence-corrected chi connectivity index (χ1v) is 8.58. The maximum absolute atomic E-state index is 13.8. The van der Waals surface area contributed by atoms with Crippen LogP contribution in [-0.2, 0) is 11.3 Å². The molecule has 1 aromatic rings. The van der Waals surface area contributed by atoms with Crippen molar-refractivity contribution in [3.05, 3.63) is 16.1 Å². The van der Waals surface area contributed by atoms with Crippen molar-refractivity contribution < 1.29 is 9.18 Å². The van der Waals surface area contributed by atoms with Gasteiger partial charge in [0.05, 0.1) is 16.7 Å². The predicted octanol–water partition coefficient (Wildman–Crippen LogP) is 1.56. The fraction of sp³-hybridized carbons (Fsp3) is 0.733. The van der Waals surface area contributed by atoms with Crippen LogP contribution in [0.2, 0.25) is 0 Å². The lowest BCUT2D eigenvalue weighted by molar-refractivity contribution is -0.132. The zero-order chi connectivity index (χ0) is 16.3. The minimum absolute atomic E-state index is 0.0232. The van der Waals surface area contributed by atoms with Gasteiger partial charge in [-0.15, -0.1) is 11.3 Å². The van der Waals surface area contributed by atoms with Crippen LogP contribution in [0.3, 0.4) is 0 Å². The summed E-state index contributed by atoms with van der Waals surface area (Å²) >= 11 is 1.60. The van der Waals surface area contributed by atoms with Gasteiger partial charge >= 0.3 is 0 Å². The molecule has 0 saturated carbocycles. The minimum Gasteiger partial charge on any atom is -0.343 e. The third-order valence-corrected chi connectivity index (χ3v) is 4.95. The van der Waals surface area contributed by atoms with Crippen molar-refractivity contribution in [2.75, 3.05) is 20.1 Å². The molecule has 1 aliphatic rings. The Kier molecular flexibility index (Phi) is 5.88. The van der Waals surface area contributed by atoms with Gasteiger partial charge in [-0.25, -0.2) is 9.37 Å². The summed E-state index contributed by atoms with van der Waals surface area (Å²) in [5.74, 6) is -0.0748. The summed E-state index contributed by atoms with van der Waals surface area (Å²) in [6, 6.07) is -0.447. The van der Waals surface area contributed by atoms with Gasteiger partial charge in [0.1, 0.15) is 6.17 Å². The summed E-state index contributed by atoms with van der Waals surface area (Å²) < 4.78 is 13.8. The number of alkyl halides is 1. The fourth-order valence-corrected chi connectivity index (χ4v) is 3.46. The topological polar surface area (TPSA) is 62.5 Å². The maximum Gasteiger partial charge on any atom is 0.239 e. The maximum atomic E-state index is 13.8. The van der Waals surface area contributed by atoms with Crippen molar-refractivity contribution in [1.82, 2.24) is 14.8 Å². The van der Waals surface area contributed by atoms with Gasteiger partial charge in [0, 0.05) is 38.1 Å². The normalized spacial score (nSPS) is 23.7. The van der Waals surface area contributed by atoms with E-state index in [4.69, 9.17) is 5.73 Å². The van der Waals surface area contributed by atoms with Crippen LogP contribution in [0.1, 0.15) is 30.5 Å². The number of amides is 1. The Hall–Kier alpha value is -1.05. The molecule has 1 amide bonds. The summed E-state index contributed by atoms with van der Waals surface area (Å²) in [6.45, 7) is 5.41.